The summed E-state index contributed by atoms with van der Waals surface area (Å²) in [5, 5.41) is 18.8. The van der Waals surface area contributed by atoms with Crippen LogP contribution in [0.3, 0.4) is 0 Å². The van der Waals surface area contributed by atoms with Crippen LogP contribution in [0.1, 0.15) is 32.1 Å². The third-order valence-electron chi connectivity index (χ3n) is 3.84. The standard InChI is InChI=1S/C11H19NO3/c13-10(6-8-2-1-3-8)9-4-5-12(7-9)11(14)15/h8-10,13H,1-7H2,(H,14,15). The first-order valence-corrected chi connectivity index (χ1v) is 5.82. The van der Waals surface area contributed by atoms with Crippen LogP contribution in [-0.2, 0) is 0 Å². The van der Waals surface area contributed by atoms with Gasteiger partial charge in [-0.15, -0.1) is 0 Å². The predicted octanol–water partition coefficient (Wildman–Crippen LogP) is 1.54. The van der Waals surface area contributed by atoms with Crippen molar-refractivity contribution in [2.45, 2.75) is 38.2 Å². The fraction of sp³-hybridized carbons (Fsp3) is 0.909. The number of likely N-dealkylation sites (tertiary alicyclic amines) is 1. The molecule has 0 radical (unpaired) electrons. The summed E-state index contributed by atoms with van der Waals surface area (Å²) in [6, 6.07) is 0. The molecule has 4 nitrogen and oxygen atoms in total. The second-order valence-corrected chi connectivity index (χ2v) is 4.88. The molecule has 0 bridgehead atoms. The molecule has 2 fully saturated rings. The van der Waals surface area contributed by atoms with Crippen molar-refractivity contribution in [2.75, 3.05) is 13.1 Å². The van der Waals surface area contributed by atoms with Gasteiger partial charge in [-0.1, -0.05) is 19.3 Å². The molecule has 2 aliphatic rings. The monoisotopic (exact) mass is 213 g/mol. The topological polar surface area (TPSA) is 60.8 Å². The lowest BCUT2D eigenvalue weighted by molar-refractivity contribution is 0.0680. The number of hydrogen-bond acceptors (Lipinski definition) is 2. The van der Waals surface area contributed by atoms with Crippen molar-refractivity contribution in [3.8, 4) is 0 Å². The molecule has 2 rings (SSSR count). The van der Waals surface area contributed by atoms with Gasteiger partial charge >= 0.3 is 6.09 Å². The van der Waals surface area contributed by atoms with Gasteiger partial charge in [-0.25, -0.2) is 4.79 Å². The van der Waals surface area contributed by atoms with E-state index >= 15 is 0 Å². The van der Waals surface area contributed by atoms with Gasteiger partial charge in [0.15, 0.2) is 0 Å². The van der Waals surface area contributed by atoms with Crippen LogP contribution in [0.15, 0.2) is 0 Å². The summed E-state index contributed by atoms with van der Waals surface area (Å²) < 4.78 is 0. The van der Waals surface area contributed by atoms with Crippen LogP contribution in [-0.4, -0.2) is 40.4 Å². The van der Waals surface area contributed by atoms with Gasteiger partial charge in [0.2, 0.25) is 0 Å². The van der Waals surface area contributed by atoms with Gasteiger partial charge in [0, 0.05) is 19.0 Å². The second-order valence-electron chi connectivity index (χ2n) is 4.88. The minimum absolute atomic E-state index is 0.168. The minimum Gasteiger partial charge on any atom is -0.465 e. The Labute approximate surface area is 89.9 Å². The minimum atomic E-state index is -0.853. The Hall–Kier alpha value is -0.770. The second kappa shape index (κ2) is 4.39. The molecule has 15 heavy (non-hydrogen) atoms. The van der Waals surface area contributed by atoms with Crippen molar-refractivity contribution >= 4 is 6.09 Å². The number of carboxylic acid groups (broad SMARTS) is 1. The highest BCUT2D eigenvalue weighted by Crippen LogP contribution is 2.33. The van der Waals surface area contributed by atoms with E-state index in [1.165, 1.54) is 24.2 Å². The molecule has 2 atom stereocenters. The van der Waals surface area contributed by atoms with Crippen LogP contribution >= 0.6 is 0 Å². The van der Waals surface area contributed by atoms with E-state index in [0.29, 0.717) is 19.0 Å². The average Bonchev–Trinajstić information content (AvgIpc) is 2.59. The summed E-state index contributed by atoms with van der Waals surface area (Å²) in [4.78, 5) is 12.1. The van der Waals surface area contributed by atoms with Crippen molar-refractivity contribution in [3.05, 3.63) is 0 Å². The van der Waals surface area contributed by atoms with Crippen LogP contribution in [0.2, 0.25) is 0 Å². The fourth-order valence-corrected chi connectivity index (χ4v) is 2.54. The number of amides is 1. The summed E-state index contributed by atoms with van der Waals surface area (Å²) >= 11 is 0. The maximum absolute atomic E-state index is 10.7. The molecule has 1 aliphatic carbocycles. The number of nitrogens with zero attached hydrogens (tertiary/aromatic N) is 1. The number of aliphatic hydroxyl groups excluding tert-OH is 1. The van der Waals surface area contributed by atoms with Crippen LogP contribution in [0, 0.1) is 11.8 Å². The maximum Gasteiger partial charge on any atom is 0.407 e. The summed E-state index contributed by atoms with van der Waals surface area (Å²) in [6.45, 7) is 1.10. The van der Waals surface area contributed by atoms with Gasteiger partial charge in [0.25, 0.3) is 0 Å². The quantitative estimate of drug-likeness (QED) is 0.747. The number of aliphatic hydroxyl groups is 1. The highest BCUT2D eigenvalue weighted by Gasteiger charge is 2.32. The van der Waals surface area contributed by atoms with Gasteiger partial charge in [0.1, 0.15) is 0 Å². The van der Waals surface area contributed by atoms with Gasteiger partial charge in [-0.2, -0.15) is 0 Å². The van der Waals surface area contributed by atoms with Gasteiger partial charge < -0.3 is 15.1 Å². The Morgan fingerprint density at radius 1 is 1.40 bits per heavy atom. The van der Waals surface area contributed by atoms with Gasteiger partial charge in [0.05, 0.1) is 6.10 Å². The molecule has 1 saturated heterocycles. The first-order chi connectivity index (χ1) is 7.16. The largest absolute Gasteiger partial charge is 0.465 e. The Bertz CT molecular complexity index is 240. The smallest absolute Gasteiger partial charge is 0.407 e. The Kier molecular flexibility index (Phi) is 3.14. The summed E-state index contributed by atoms with van der Waals surface area (Å²) in [5.41, 5.74) is 0. The summed E-state index contributed by atoms with van der Waals surface area (Å²) in [6.07, 6.45) is 4.33. The Balaban J connectivity index is 1.76. The Morgan fingerprint density at radius 2 is 2.13 bits per heavy atom. The molecule has 0 aromatic carbocycles. The molecule has 86 valence electrons. The molecule has 1 aliphatic heterocycles. The molecule has 1 saturated carbocycles. The molecule has 2 unspecified atom stereocenters. The predicted molar refractivity (Wildman–Crippen MR) is 55.7 cm³/mol. The molecule has 0 spiro atoms. The molecule has 4 heteroatoms. The number of hydrogen-bond donors (Lipinski definition) is 2. The van der Waals surface area contributed by atoms with Crippen LogP contribution in [0.5, 0.6) is 0 Å². The molecular formula is C11H19NO3. The summed E-state index contributed by atoms with van der Waals surface area (Å²) in [7, 11) is 0. The first-order valence-electron chi connectivity index (χ1n) is 5.82. The molecule has 1 amide bonds. The molecule has 1 heterocycles. The Morgan fingerprint density at radius 3 is 2.60 bits per heavy atom. The lowest BCUT2D eigenvalue weighted by atomic mass is 9.79. The van der Waals surface area contributed by atoms with Gasteiger partial charge in [-0.05, 0) is 18.8 Å². The van der Waals surface area contributed by atoms with E-state index < -0.39 is 6.09 Å². The SMILES string of the molecule is O=C(O)N1CCC(C(O)CC2CCC2)C1. The average molecular weight is 213 g/mol. The molecule has 2 N–H and O–H groups in total. The first kappa shape index (κ1) is 10.7. The normalized spacial score (nSPS) is 28.9. The zero-order valence-electron chi connectivity index (χ0n) is 8.93. The third-order valence-corrected chi connectivity index (χ3v) is 3.84. The van der Waals surface area contributed by atoms with E-state index in [0.717, 1.165) is 12.8 Å². The van der Waals surface area contributed by atoms with E-state index in [2.05, 4.69) is 0 Å². The van der Waals surface area contributed by atoms with Crippen LogP contribution in [0.25, 0.3) is 0 Å². The van der Waals surface area contributed by atoms with Crippen molar-refractivity contribution in [1.29, 1.82) is 0 Å². The van der Waals surface area contributed by atoms with Crippen molar-refractivity contribution in [2.24, 2.45) is 11.8 Å². The highest BCUT2D eigenvalue weighted by molar-refractivity contribution is 5.65. The summed E-state index contributed by atoms with van der Waals surface area (Å²) in [5.74, 6) is 0.862. The molecule has 0 aromatic rings. The van der Waals surface area contributed by atoms with E-state index in [4.69, 9.17) is 5.11 Å². The zero-order valence-corrected chi connectivity index (χ0v) is 8.93. The maximum atomic E-state index is 10.7. The van der Waals surface area contributed by atoms with Crippen LogP contribution < -0.4 is 0 Å². The van der Waals surface area contributed by atoms with Crippen molar-refractivity contribution in [3.63, 3.8) is 0 Å². The van der Waals surface area contributed by atoms with Gasteiger partial charge in [-0.3, -0.25) is 0 Å². The highest BCUT2D eigenvalue weighted by atomic mass is 16.4. The van der Waals surface area contributed by atoms with E-state index in [-0.39, 0.29) is 12.0 Å². The van der Waals surface area contributed by atoms with Crippen LogP contribution in [0.4, 0.5) is 4.79 Å². The van der Waals surface area contributed by atoms with Crippen molar-refractivity contribution < 1.29 is 15.0 Å². The number of rotatable bonds is 3. The number of carbonyl (C=O) groups is 1. The van der Waals surface area contributed by atoms with E-state index in [1.54, 1.807) is 0 Å². The lowest BCUT2D eigenvalue weighted by Crippen LogP contribution is -2.31. The van der Waals surface area contributed by atoms with E-state index in [9.17, 15) is 9.90 Å². The zero-order chi connectivity index (χ0) is 10.8. The lowest BCUT2D eigenvalue weighted by Gasteiger charge is -2.29. The fourth-order valence-electron chi connectivity index (χ4n) is 2.54. The van der Waals surface area contributed by atoms with Crippen molar-refractivity contribution in [1.82, 2.24) is 4.90 Å². The van der Waals surface area contributed by atoms with E-state index in [1.807, 2.05) is 0 Å². The molecular weight excluding hydrogens is 194 g/mol. The third kappa shape index (κ3) is 2.43. The molecule has 0 aromatic heterocycles.